The van der Waals surface area contributed by atoms with Crippen LogP contribution in [0.3, 0.4) is 0 Å². The normalized spacial score (nSPS) is 13.5. The number of carbonyl (C=O) groups excluding carboxylic acids is 1. The van der Waals surface area contributed by atoms with Crippen molar-refractivity contribution in [3.05, 3.63) is 57.0 Å². The van der Waals surface area contributed by atoms with Gasteiger partial charge >= 0.3 is 5.97 Å². The quantitative estimate of drug-likeness (QED) is 0.496. The molecule has 0 amide bonds. The molecule has 5 nitrogen and oxygen atoms in total. The van der Waals surface area contributed by atoms with Crippen LogP contribution in [0.4, 0.5) is 0 Å². The van der Waals surface area contributed by atoms with Crippen molar-refractivity contribution >= 4 is 27.5 Å². The fourth-order valence-electron chi connectivity index (χ4n) is 3.53. The van der Waals surface area contributed by atoms with Crippen LogP contribution in [-0.4, -0.2) is 15.5 Å². The van der Waals surface area contributed by atoms with Gasteiger partial charge in [-0.05, 0) is 55.4 Å². The molecule has 0 N–H and O–H groups in total. The van der Waals surface area contributed by atoms with Gasteiger partial charge in [0.15, 0.2) is 0 Å². The Kier molecular flexibility index (Phi) is 5.07. The SMILES string of the molecule is CCc1ccc(OC(=O)CCn2cnc3sc4c(c3c2=O)CCCC4)cc1. The minimum absolute atomic E-state index is 0.0421. The van der Waals surface area contributed by atoms with Crippen molar-refractivity contribution in [1.82, 2.24) is 9.55 Å². The van der Waals surface area contributed by atoms with Crippen LogP contribution in [-0.2, 0) is 30.6 Å². The van der Waals surface area contributed by atoms with Crippen molar-refractivity contribution in [3.63, 3.8) is 0 Å². The molecule has 3 aromatic rings. The summed E-state index contributed by atoms with van der Waals surface area (Å²) < 4.78 is 6.90. The highest BCUT2D eigenvalue weighted by Gasteiger charge is 2.20. The van der Waals surface area contributed by atoms with E-state index in [1.165, 1.54) is 27.0 Å². The van der Waals surface area contributed by atoms with E-state index in [9.17, 15) is 9.59 Å². The smallest absolute Gasteiger partial charge is 0.312 e. The van der Waals surface area contributed by atoms with Crippen LogP contribution in [0.2, 0.25) is 0 Å². The number of fused-ring (bicyclic) bond motifs is 3. The molecule has 140 valence electrons. The van der Waals surface area contributed by atoms with E-state index in [-0.39, 0.29) is 24.5 Å². The fourth-order valence-corrected chi connectivity index (χ4v) is 4.75. The van der Waals surface area contributed by atoms with Gasteiger partial charge in [0.05, 0.1) is 18.1 Å². The number of esters is 1. The predicted octanol–water partition coefficient (Wildman–Crippen LogP) is 3.89. The molecular formula is C21H22N2O3S. The van der Waals surface area contributed by atoms with Crippen LogP contribution < -0.4 is 10.3 Å². The van der Waals surface area contributed by atoms with Crippen LogP contribution in [0.1, 0.15) is 42.2 Å². The summed E-state index contributed by atoms with van der Waals surface area (Å²) in [4.78, 5) is 31.6. The highest BCUT2D eigenvalue weighted by atomic mass is 32.1. The molecule has 0 fully saturated rings. The maximum atomic E-state index is 12.9. The van der Waals surface area contributed by atoms with E-state index in [4.69, 9.17) is 4.74 Å². The highest BCUT2D eigenvalue weighted by Crippen LogP contribution is 2.33. The topological polar surface area (TPSA) is 61.2 Å². The molecule has 0 spiro atoms. The minimum atomic E-state index is -0.349. The minimum Gasteiger partial charge on any atom is -0.426 e. The lowest BCUT2D eigenvalue weighted by molar-refractivity contribution is -0.134. The summed E-state index contributed by atoms with van der Waals surface area (Å²) >= 11 is 1.64. The average Bonchev–Trinajstić information content (AvgIpc) is 3.07. The van der Waals surface area contributed by atoms with E-state index in [0.29, 0.717) is 5.75 Å². The monoisotopic (exact) mass is 382 g/mol. The Labute approximate surface area is 161 Å². The van der Waals surface area contributed by atoms with Crippen LogP contribution in [0.5, 0.6) is 5.75 Å². The molecule has 2 heterocycles. The summed E-state index contributed by atoms with van der Waals surface area (Å²) in [5.41, 5.74) is 2.33. The number of hydrogen-bond donors (Lipinski definition) is 0. The second-order valence-electron chi connectivity index (χ2n) is 6.86. The van der Waals surface area contributed by atoms with Crippen molar-refractivity contribution < 1.29 is 9.53 Å². The number of aryl methyl sites for hydroxylation is 4. The number of hydrogen-bond acceptors (Lipinski definition) is 5. The lowest BCUT2D eigenvalue weighted by Crippen LogP contribution is -2.23. The largest absolute Gasteiger partial charge is 0.426 e. The van der Waals surface area contributed by atoms with Gasteiger partial charge in [-0.3, -0.25) is 14.2 Å². The zero-order valence-corrected chi connectivity index (χ0v) is 16.2. The molecule has 2 aromatic heterocycles. The Hall–Kier alpha value is -2.47. The van der Waals surface area contributed by atoms with E-state index in [2.05, 4.69) is 11.9 Å². The van der Waals surface area contributed by atoms with E-state index < -0.39 is 0 Å². The number of nitrogens with zero attached hydrogens (tertiary/aromatic N) is 2. The Morgan fingerprint density at radius 2 is 2.00 bits per heavy atom. The molecule has 6 heteroatoms. The van der Waals surface area contributed by atoms with Crippen molar-refractivity contribution in [2.45, 2.75) is 52.0 Å². The first-order chi connectivity index (χ1) is 13.2. The van der Waals surface area contributed by atoms with Gasteiger partial charge in [-0.1, -0.05) is 19.1 Å². The van der Waals surface area contributed by atoms with Gasteiger partial charge in [-0.15, -0.1) is 11.3 Å². The first-order valence-corrected chi connectivity index (χ1v) is 10.3. The third kappa shape index (κ3) is 3.67. The molecule has 0 unspecified atom stereocenters. The van der Waals surface area contributed by atoms with Crippen molar-refractivity contribution in [2.75, 3.05) is 0 Å². The van der Waals surface area contributed by atoms with Crippen LogP contribution in [0.15, 0.2) is 35.4 Å². The number of carbonyl (C=O) groups is 1. The molecule has 1 aromatic carbocycles. The predicted molar refractivity (Wildman–Crippen MR) is 107 cm³/mol. The van der Waals surface area contributed by atoms with Gasteiger partial charge in [0, 0.05) is 11.4 Å². The van der Waals surface area contributed by atoms with E-state index in [1.807, 2.05) is 12.1 Å². The summed E-state index contributed by atoms with van der Waals surface area (Å²) in [7, 11) is 0. The van der Waals surface area contributed by atoms with Crippen LogP contribution >= 0.6 is 11.3 Å². The Morgan fingerprint density at radius 1 is 1.22 bits per heavy atom. The zero-order chi connectivity index (χ0) is 18.8. The lowest BCUT2D eigenvalue weighted by atomic mass is 9.97. The van der Waals surface area contributed by atoms with Gasteiger partial charge in [-0.2, -0.15) is 0 Å². The first kappa shape index (κ1) is 17.9. The second kappa shape index (κ2) is 7.64. The molecule has 0 saturated heterocycles. The average molecular weight is 382 g/mol. The number of rotatable bonds is 5. The van der Waals surface area contributed by atoms with Gasteiger partial charge in [0.25, 0.3) is 5.56 Å². The van der Waals surface area contributed by atoms with Gasteiger partial charge in [0.1, 0.15) is 10.6 Å². The number of ether oxygens (including phenoxy) is 1. The Bertz CT molecular complexity index is 1030. The van der Waals surface area contributed by atoms with Crippen molar-refractivity contribution in [2.24, 2.45) is 0 Å². The maximum absolute atomic E-state index is 12.9. The van der Waals surface area contributed by atoms with Gasteiger partial charge in [0.2, 0.25) is 0 Å². The summed E-state index contributed by atoms with van der Waals surface area (Å²) in [5, 5.41) is 0.751. The molecule has 27 heavy (non-hydrogen) atoms. The molecule has 1 aliphatic rings. The molecular weight excluding hydrogens is 360 g/mol. The summed E-state index contributed by atoms with van der Waals surface area (Å²) in [6, 6.07) is 7.50. The molecule has 1 aliphatic carbocycles. The molecule has 0 saturated carbocycles. The third-order valence-electron chi connectivity index (χ3n) is 5.06. The lowest BCUT2D eigenvalue weighted by Gasteiger charge is -2.10. The fraction of sp³-hybridized carbons (Fsp3) is 0.381. The molecule has 0 radical (unpaired) electrons. The van der Waals surface area contributed by atoms with E-state index in [1.54, 1.807) is 29.8 Å². The second-order valence-corrected chi connectivity index (χ2v) is 7.94. The number of benzene rings is 1. The number of thiophene rings is 1. The summed E-state index contributed by atoms with van der Waals surface area (Å²) in [5.74, 6) is 0.184. The standard InChI is InChI=1S/C21H22N2O3S/c1-2-14-7-9-15(10-8-14)26-18(24)11-12-23-13-22-20-19(21(23)25)16-5-3-4-6-17(16)27-20/h7-10,13H,2-6,11-12H2,1H3. The highest BCUT2D eigenvalue weighted by molar-refractivity contribution is 7.18. The van der Waals surface area contributed by atoms with Crippen LogP contribution in [0.25, 0.3) is 10.2 Å². The molecule has 0 atom stereocenters. The third-order valence-corrected chi connectivity index (χ3v) is 6.26. The molecule has 4 rings (SSSR count). The van der Waals surface area contributed by atoms with E-state index in [0.717, 1.165) is 35.9 Å². The Balaban J connectivity index is 1.47. The molecule has 0 bridgehead atoms. The summed E-state index contributed by atoms with van der Waals surface area (Å²) in [6.45, 7) is 2.35. The van der Waals surface area contributed by atoms with E-state index >= 15 is 0 Å². The van der Waals surface area contributed by atoms with Crippen LogP contribution in [0, 0.1) is 0 Å². The van der Waals surface area contributed by atoms with Gasteiger partial charge in [-0.25, -0.2) is 4.98 Å². The zero-order valence-electron chi connectivity index (χ0n) is 15.4. The molecule has 0 aliphatic heterocycles. The van der Waals surface area contributed by atoms with Gasteiger partial charge < -0.3 is 4.74 Å². The van der Waals surface area contributed by atoms with Crippen molar-refractivity contribution in [1.29, 1.82) is 0 Å². The Morgan fingerprint density at radius 3 is 2.78 bits per heavy atom. The van der Waals surface area contributed by atoms with Crippen molar-refractivity contribution in [3.8, 4) is 5.75 Å². The summed E-state index contributed by atoms with van der Waals surface area (Å²) in [6.07, 6.45) is 6.92. The maximum Gasteiger partial charge on any atom is 0.312 e. The first-order valence-electron chi connectivity index (χ1n) is 9.45. The number of aromatic nitrogens is 2.